The second-order valence-corrected chi connectivity index (χ2v) is 8.82. The molecule has 4 rings (SSSR count). The van der Waals surface area contributed by atoms with E-state index in [0.717, 1.165) is 48.4 Å². The highest BCUT2D eigenvalue weighted by atomic mass is 16.7. The Labute approximate surface area is 196 Å². The summed E-state index contributed by atoms with van der Waals surface area (Å²) in [6.45, 7) is 5.65. The smallest absolute Gasteiger partial charge is 0.319 e. The summed E-state index contributed by atoms with van der Waals surface area (Å²) in [5.41, 5.74) is 3.64. The average Bonchev–Trinajstić information content (AvgIpc) is 2.85. The van der Waals surface area contributed by atoms with Crippen LogP contribution >= 0.6 is 0 Å². The SMILES string of the molecule is CCNC(=O)Nc1ccc([C@@H]2O[C@H](CN3CCCCC3)C[C@H](c3ccc(CO)cc3)O2)cc1. The van der Waals surface area contributed by atoms with E-state index in [0.29, 0.717) is 6.54 Å². The molecular weight excluding hydrogens is 418 g/mol. The van der Waals surface area contributed by atoms with E-state index in [9.17, 15) is 9.90 Å². The second kappa shape index (κ2) is 11.6. The van der Waals surface area contributed by atoms with Crippen molar-refractivity contribution in [1.82, 2.24) is 10.2 Å². The van der Waals surface area contributed by atoms with Gasteiger partial charge in [0.1, 0.15) is 0 Å². The number of urea groups is 1. The van der Waals surface area contributed by atoms with Crippen molar-refractivity contribution >= 4 is 11.7 Å². The molecule has 7 heteroatoms. The van der Waals surface area contributed by atoms with Crippen LogP contribution in [0.25, 0.3) is 0 Å². The molecule has 0 aromatic heterocycles. The van der Waals surface area contributed by atoms with Gasteiger partial charge in [-0.2, -0.15) is 0 Å². The second-order valence-electron chi connectivity index (χ2n) is 8.82. The quantitative estimate of drug-likeness (QED) is 0.581. The van der Waals surface area contributed by atoms with Crippen molar-refractivity contribution in [2.24, 2.45) is 0 Å². The Morgan fingerprint density at radius 3 is 2.36 bits per heavy atom. The van der Waals surface area contributed by atoms with Crippen molar-refractivity contribution in [1.29, 1.82) is 0 Å². The summed E-state index contributed by atoms with van der Waals surface area (Å²) in [5, 5.41) is 14.9. The third kappa shape index (κ3) is 6.54. The van der Waals surface area contributed by atoms with Crippen LogP contribution in [0, 0.1) is 0 Å². The molecule has 3 atom stereocenters. The van der Waals surface area contributed by atoms with Gasteiger partial charge in [-0.25, -0.2) is 4.79 Å². The molecule has 33 heavy (non-hydrogen) atoms. The van der Waals surface area contributed by atoms with E-state index in [4.69, 9.17) is 9.47 Å². The number of hydrogen-bond acceptors (Lipinski definition) is 5. The van der Waals surface area contributed by atoms with Gasteiger partial charge in [0.25, 0.3) is 0 Å². The van der Waals surface area contributed by atoms with Crippen LogP contribution in [0.2, 0.25) is 0 Å². The molecule has 178 valence electrons. The maximum Gasteiger partial charge on any atom is 0.319 e. The fraction of sp³-hybridized carbons (Fsp3) is 0.500. The molecule has 2 aliphatic heterocycles. The Balaban J connectivity index is 1.49. The highest BCUT2D eigenvalue weighted by molar-refractivity contribution is 5.89. The van der Waals surface area contributed by atoms with E-state index < -0.39 is 6.29 Å². The Bertz CT molecular complexity index is 881. The molecule has 2 aromatic carbocycles. The summed E-state index contributed by atoms with van der Waals surface area (Å²) < 4.78 is 12.8. The summed E-state index contributed by atoms with van der Waals surface area (Å²) in [6.07, 6.45) is 4.11. The largest absolute Gasteiger partial charge is 0.392 e. The molecule has 0 aliphatic carbocycles. The zero-order valence-electron chi connectivity index (χ0n) is 19.3. The summed E-state index contributed by atoms with van der Waals surface area (Å²) in [7, 11) is 0. The van der Waals surface area contributed by atoms with Crippen LogP contribution in [0.1, 0.15) is 61.7 Å². The highest BCUT2D eigenvalue weighted by Crippen LogP contribution is 2.38. The minimum Gasteiger partial charge on any atom is -0.392 e. The number of amides is 2. The van der Waals surface area contributed by atoms with Gasteiger partial charge in [-0.05, 0) is 56.1 Å². The Hall–Kier alpha value is -2.45. The number of benzene rings is 2. The molecule has 2 fully saturated rings. The molecule has 2 heterocycles. The van der Waals surface area contributed by atoms with Gasteiger partial charge in [-0.3, -0.25) is 0 Å². The number of hydrogen-bond donors (Lipinski definition) is 3. The normalized spacial score (nSPS) is 23.8. The van der Waals surface area contributed by atoms with E-state index in [2.05, 4.69) is 15.5 Å². The molecule has 2 amide bonds. The van der Waals surface area contributed by atoms with Crippen molar-refractivity contribution in [2.75, 3.05) is 31.5 Å². The number of aliphatic hydroxyl groups excluding tert-OH is 1. The fourth-order valence-electron chi connectivity index (χ4n) is 4.52. The molecular formula is C26H35N3O4. The number of anilines is 1. The molecule has 2 aliphatic rings. The van der Waals surface area contributed by atoms with Crippen LogP contribution < -0.4 is 10.6 Å². The van der Waals surface area contributed by atoms with Crippen molar-refractivity contribution in [3.05, 3.63) is 65.2 Å². The standard InChI is InChI=1S/C26H35N3O4/c1-2-27-26(31)28-22-12-10-21(11-13-22)25-32-23(17-29-14-4-3-5-15-29)16-24(33-25)20-8-6-19(18-30)7-9-20/h6-13,23-25,30H,2-5,14-18H2,1H3,(H2,27,28,31)/t23-,24+,25+/m0/s1. The van der Waals surface area contributed by atoms with Crippen LogP contribution in [0.4, 0.5) is 10.5 Å². The molecule has 2 aromatic rings. The van der Waals surface area contributed by atoms with Crippen LogP contribution in [0.15, 0.2) is 48.5 Å². The molecule has 0 spiro atoms. The zero-order chi connectivity index (χ0) is 23.0. The van der Waals surface area contributed by atoms with Crippen LogP contribution in [-0.4, -0.2) is 48.3 Å². The minimum atomic E-state index is -0.477. The topological polar surface area (TPSA) is 83.1 Å². The molecule has 0 bridgehead atoms. The summed E-state index contributed by atoms with van der Waals surface area (Å²) in [6, 6.07) is 15.4. The zero-order valence-corrected chi connectivity index (χ0v) is 19.3. The van der Waals surface area contributed by atoms with E-state index in [1.54, 1.807) is 0 Å². The number of nitrogens with one attached hydrogen (secondary N) is 2. The Kier molecular flexibility index (Phi) is 8.34. The van der Waals surface area contributed by atoms with E-state index in [1.165, 1.54) is 19.3 Å². The van der Waals surface area contributed by atoms with Crippen molar-refractivity contribution < 1.29 is 19.4 Å². The van der Waals surface area contributed by atoms with Gasteiger partial charge in [0.15, 0.2) is 6.29 Å². The van der Waals surface area contributed by atoms with E-state index in [1.807, 2.05) is 55.5 Å². The first-order valence-electron chi connectivity index (χ1n) is 12.0. The molecule has 0 unspecified atom stereocenters. The number of carbonyl (C=O) groups is 1. The minimum absolute atomic E-state index is 0.0335. The van der Waals surface area contributed by atoms with Gasteiger partial charge in [0, 0.05) is 30.8 Å². The number of ether oxygens (including phenoxy) is 2. The number of carbonyl (C=O) groups excluding carboxylic acids is 1. The number of piperidine rings is 1. The van der Waals surface area contributed by atoms with Gasteiger partial charge >= 0.3 is 6.03 Å². The highest BCUT2D eigenvalue weighted by Gasteiger charge is 2.33. The average molecular weight is 454 g/mol. The van der Waals surface area contributed by atoms with E-state index in [-0.39, 0.29) is 24.8 Å². The first-order chi connectivity index (χ1) is 16.1. The number of aliphatic hydroxyl groups is 1. The van der Waals surface area contributed by atoms with Crippen molar-refractivity contribution in [3.8, 4) is 0 Å². The van der Waals surface area contributed by atoms with Gasteiger partial charge < -0.3 is 30.1 Å². The number of nitrogens with zero attached hydrogens (tertiary/aromatic N) is 1. The molecule has 2 saturated heterocycles. The Morgan fingerprint density at radius 2 is 1.70 bits per heavy atom. The van der Waals surface area contributed by atoms with Gasteiger partial charge in [0.2, 0.25) is 0 Å². The lowest BCUT2D eigenvalue weighted by Crippen LogP contribution is -2.41. The summed E-state index contributed by atoms with van der Waals surface area (Å²) in [5.74, 6) is 0. The van der Waals surface area contributed by atoms with Gasteiger partial charge in [0.05, 0.1) is 18.8 Å². The summed E-state index contributed by atoms with van der Waals surface area (Å²) in [4.78, 5) is 14.3. The predicted molar refractivity (Wildman–Crippen MR) is 128 cm³/mol. The molecule has 0 saturated carbocycles. The molecule has 7 nitrogen and oxygen atoms in total. The monoisotopic (exact) mass is 453 g/mol. The van der Waals surface area contributed by atoms with Gasteiger partial charge in [-0.1, -0.05) is 42.8 Å². The number of likely N-dealkylation sites (tertiary alicyclic amines) is 1. The lowest BCUT2D eigenvalue weighted by atomic mass is 9.99. The molecule has 0 radical (unpaired) electrons. The van der Waals surface area contributed by atoms with Crippen LogP contribution in [0.5, 0.6) is 0 Å². The lowest BCUT2D eigenvalue weighted by molar-refractivity contribution is -0.253. The maximum absolute atomic E-state index is 11.8. The van der Waals surface area contributed by atoms with Gasteiger partial charge in [-0.15, -0.1) is 0 Å². The maximum atomic E-state index is 11.8. The Morgan fingerprint density at radius 1 is 1.00 bits per heavy atom. The molecule has 3 N–H and O–H groups in total. The first-order valence-corrected chi connectivity index (χ1v) is 12.0. The van der Waals surface area contributed by atoms with E-state index >= 15 is 0 Å². The van der Waals surface area contributed by atoms with Crippen LogP contribution in [0.3, 0.4) is 0 Å². The third-order valence-electron chi connectivity index (χ3n) is 6.30. The lowest BCUT2D eigenvalue weighted by Gasteiger charge is -2.39. The summed E-state index contributed by atoms with van der Waals surface area (Å²) >= 11 is 0. The van der Waals surface area contributed by atoms with Crippen LogP contribution in [-0.2, 0) is 16.1 Å². The third-order valence-corrected chi connectivity index (χ3v) is 6.30. The number of rotatable bonds is 7. The predicted octanol–water partition coefficient (Wildman–Crippen LogP) is 4.35. The van der Waals surface area contributed by atoms with Crippen molar-refractivity contribution in [3.63, 3.8) is 0 Å². The first kappa shape index (κ1) is 23.7. The van der Waals surface area contributed by atoms with Crippen molar-refractivity contribution in [2.45, 2.75) is 57.7 Å². The fourth-order valence-corrected chi connectivity index (χ4v) is 4.52.